The Labute approximate surface area is 123 Å². The molecule has 21 heavy (non-hydrogen) atoms. The van der Waals surface area contributed by atoms with Crippen molar-refractivity contribution in [1.82, 2.24) is 4.98 Å². The summed E-state index contributed by atoms with van der Waals surface area (Å²) < 4.78 is 46.9. The zero-order valence-electron chi connectivity index (χ0n) is 11.0. The van der Waals surface area contributed by atoms with Crippen molar-refractivity contribution in [2.45, 2.75) is 20.0 Å². The maximum Gasteiger partial charge on any atom is 0.516 e. The summed E-state index contributed by atoms with van der Waals surface area (Å²) in [6.07, 6.45) is -6.29. The van der Waals surface area contributed by atoms with Crippen molar-refractivity contribution in [3.05, 3.63) is 28.5 Å². The number of carbonyl (C=O) groups is 2. The van der Waals surface area contributed by atoms with Crippen LogP contribution in [0.5, 0.6) is 0 Å². The fraction of sp³-hybridized carbons (Fsp3) is 0.417. The van der Waals surface area contributed by atoms with E-state index in [1.54, 1.807) is 13.8 Å². The van der Waals surface area contributed by atoms with E-state index in [-0.39, 0.29) is 12.5 Å². The Bertz CT molecular complexity index is 546. The number of nitrogens with zero attached hydrogens (tertiary/aromatic N) is 1. The first-order valence-electron chi connectivity index (χ1n) is 5.74. The lowest BCUT2D eigenvalue weighted by Gasteiger charge is -2.11. The topological polar surface area (TPSA) is 65.5 Å². The molecule has 116 valence electrons. The Hall–Kier alpha value is -1.83. The highest BCUT2D eigenvalue weighted by molar-refractivity contribution is 6.29. The van der Waals surface area contributed by atoms with Crippen LogP contribution in [-0.2, 0) is 15.7 Å². The highest BCUT2D eigenvalue weighted by Crippen LogP contribution is 2.31. The highest BCUT2D eigenvalue weighted by atomic mass is 35.5. The molecule has 0 N–H and O–H groups in total. The van der Waals surface area contributed by atoms with E-state index in [0.717, 1.165) is 12.1 Å². The Balaban J connectivity index is 2.90. The van der Waals surface area contributed by atoms with Crippen molar-refractivity contribution in [3.8, 4) is 0 Å². The molecule has 0 atom stereocenters. The third-order valence-electron chi connectivity index (χ3n) is 2.06. The molecule has 1 aromatic rings. The van der Waals surface area contributed by atoms with Gasteiger partial charge in [-0.05, 0) is 18.1 Å². The van der Waals surface area contributed by atoms with Gasteiger partial charge in [-0.25, -0.2) is 14.6 Å². The number of hydrogen-bond acceptors (Lipinski definition) is 5. The van der Waals surface area contributed by atoms with Crippen LogP contribution in [0.1, 0.15) is 29.9 Å². The summed E-state index contributed by atoms with van der Waals surface area (Å²) in [4.78, 5) is 25.8. The zero-order chi connectivity index (χ0) is 16.2. The molecule has 0 saturated carbocycles. The summed E-state index contributed by atoms with van der Waals surface area (Å²) in [5.74, 6) is -1.53. The summed E-state index contributed by atoms with van der Waals surface area (Å²) in [7, 11) is 0. The Morgan fingerprint density at radius 3 is 2.48 bits per heavy atom. The van der Waals surface area contributed by atoms with E-state index >= 15 is 0 Å². The predicted molar refractivity (Wildman–Crippen MR) is 65.9 cm³/mol. The second kappa shape index (κ2) is 6.75. The monoisotopic (exact) mass is 325 g/mol. The summed E-state index contributed by atoms with van der Waals surface area (Å²) in [6, 6.07) is 1.75. The normalized spacial score (nSPS) is 11.4. The van der Waals surface area contributed by atoms with Gasteiger partial charge in [-0.15, -0.1) is 0 Å². The number of pyridine rings is 1. The minimum Gasteiger partial charge on any atom is -0.434 e. The number of rotatable bonds is 3. The molecule has 0 aromatic carbocycles. The van der Waals surface area contributed by atoms with Gasteiger partial charge in [0.15, 0.2) is 5.69 Å². The van der Waals surface area contributed by atoms with Crippen LogP contribution in [0.4, 0.5) is 18.0 Å². The number of aromatic nitrogens is 1. The van der Waals surface area contributed by atoms with Gasteiger partial charge in [0.25, 0.3) is 0 Å². The molecule has 0 fully saturated rings. The van der Waals surface area contributed by atoms with Crippen molar-refractivity contribution < 1.29 is 32.2 Å². The molecule has 0 saturated heterocycles. The van der Waals surface area contributed by atoms with E-state index in [1.165, 1.54) is 0 Å². The molecule has 5 nitrogen and oxygen atoms in total. The van der Waals surface area contributed by atoms with Crippen molar-refractivity contribution in [1.29, 1.82) is 0 Å². The van der Waals surface area contributed by atoms with Crippen molar-refractivity contribution >= 4 is 23.7 Å². The van der Waals surface area contributed by atoms with Gasteiger partial charge in [-0.3, -0.25) is 0 Å². The summed E-state index contributed by atoms with van der Waals surface area (Å²) in [5, 5.41) is -0.443. The first-order chi connectivity index (χ1) is 9.61. The van der Waals surface area contributed by atoms with Gasteiger partial charge in [0.2, 0.25) is 0 Å². The van der Waals surface area contributed by atoms with Gasteiger partial charge in [0, 0.05) is 0 Å². The minimum atomic E-state index is -4.92. The first-order valence-corrected chi connectivity index (χ1v) is 6.11. The van der Waals surface area contributed by atoms with Crippen LogP contribution in [0.2, 0.25) is 5.15 Å². The summed E-state index contributed by atoms with van der Waals surface area (Å²) in [5.41, 5.74) is -2.45. The number of halogens is 4. The molecule has 0 aliphatic rings. The molecule has 0 aliphatic heterocycles. The van der Waals surface area contributed by atoms with Gasteiger partial charge >= 0.3 is 18.3 Å². The van der Waals surface area contributed by atoms with Crippen molar-refractivity contribution in [2.24, 2.45) is 5.92 Å². The first kappa shape index (κ1) is 17.2. The molecular weight excluding hydrogens is 315 g/mol. The average molecular weight is 326 g/mol. The van der Waals surface area contributed by atoms with Crippen molar-refractivity contribution in [2.75, 3.05) is 6.61 Å². The Kier molecular flexibility index (Phi) is 5.54. The maximum atomic E-state index is 12.7. The predicted octanol–water partition coefficient (Wildman–Crippen LogP) is 3.70. The number of alkyl halides is 3. The minimum absolute atomic E-state index is 0.0180. The number of carbonyl (C=O) groups excluding carboxylic acids is 2. The largest absolute Gasteiger partial charge is 0.516 e. The molecule has 9 heteroatoms. The van der Waals surface area contributed by atoms with E-state index in [0.29, 0.717) is 0 Å². The quantitative estimate of drug-likeness (QED) is 0.481. The van der Waals surface area contributed by atoms with Gasteiger partial charge in [-0.2, -0.15) is 13.2 Å². The second-order valence-corrected chi connectivity index (χ2v) is 4.76. The third kappa shape index (κ3) is 5.22. The Morgan fingerprint density at radius 2 is 1.95 bits per heavy atom. The zero-order valence-corrected chi connectivity index (χ0v) is 11.8. The average Bonchev–Trinajstić information content (AvgIpc) is 2.35. The molecular formula is C12H11ClF3NO4. The highest BCUT2D eigenvalue weighted by Gasteiger charge is 2.38. The van der Waals surface area contributed by atoms with Crippen LogP contribution in [-0.4, -0.2) is 23.7 Å². The van der Waals surface area contributed by atoms with Crippen LogP contribution < -0.4 is 0 Å². The molecule has 0 spiro atoms. The third-order valence-corrected chi connectivity index (χ3v) is 2.27. The summed E-state index contributed by atoms with van der Waals surface area (Å²) >= 11 is 5.36. The molecule has 1 heterocycles. The molecule has 0 amide bonds. The number of hydrogen-bond donors (Lipinski definition) is 0. The van der Waals surface area contributed by atoms with Gasteiger partial charge in [0.1, 0.15) is 5.15 Å². The number of esters is 1. The number of ether oxygens (including phenoxy) is 2. The van der Waals surface area contributed by atoms with Crippen LogP contribution in [0.25, 0.3) is 0 Å². The van der Waals surface area contributed by atoms with E-state index in [9.17, 15) is 22.8 Å². The van der Waals surface area contributed by atoms with Crippen LogP contribution in [0.15, 0.2) is 12.1 Å². The van der Waals surface area contributed by atoms with E-state index in [4.69, 9.17) is 11.6 Å². The fourth-order valence-corrected chi connectivity index (χ4v) is 1.36. The van der Waals surface area contributed by atoms with Gasteiger partial charge in [-0.1, -0.05) is 25.4 Å². The molecule has 1 aromatic heterocycles. The molecule has 1 rings (SSSR count). The lowest BCUT2D eigenvalue weighted by atomic mass is 10.2. The Morgan fingerprint density at radius 1 is 1.33 bits per heavy atom. The smallest absolute Gasteiger partial charge is 0.434 e. The summed E-state index contributed by atoms with van der Waals surface area (Å²) in [6.45, 7) is 3.44. The van der Waals surface area contributed by atoms with E-state index in [1.807, 2.05) is 0 Å². The van der Waals surface area contributed by atoms with Gasteiger partial charge in [0.05, 0.1) is 12.2 Å². The molecule has 0 aliphatic carbocycles. The molecule has 0 unspecified atom stereocenters. The SMILES string of the molecule is CC(C)COC(=O)OC(=O)c1ccc(Cl)nc1C(F)(F)F. The molecule has 0 radical (unpaired) electrons. The lowest BCUT2D eigenvalue weighted by Crippen LogP contribution is -2.21. The molecule has 0 bridgehead atoms. The lowest BCUT2D eigenvalue weighted by molar-refractivity contribution is -0.141. The van der Waals surface area contributed by atoms with Crippen LogP contribution in [0, 0.1) is 5.92 Å². The van der Waals surface area contributed by atoms with Crippen LogP contribution >= 0.6 is 11.6 Å². The van der Waals surface area contributed by atoms with Crippen molar-refractivity contribution in [3.63, 3.8) is 0 Å². The van der Waals surface area contributed by atoms with E-state index in [2.05, 4.69) is 14.5 Å². The fourth-order valence-electron chi connectivity index (χ4n) is 1.21. The standard InChI is InChI=1S/C12H11ClF3NO4/c1-6(2)5-20-11(19)21-10(18)7-3-4-8(13)17-9(7)12(14,15)16/h3-4,6H,5H2,1-2H3. The van der Waals surface area contributed by atoms with E-state index < -0.39 is 34.7 Å². The van der Waals surface area contributed by atoms with Gasteiger partial charge < -0.3 is 9.47 Å². The second-order valence-electron chi connectivity index (χ2n) is 4.37. The van der Waals surface area contributed by atoms with Crippen LogP contribution in [0.3, 0.4) is 0 Å². The maximum absolute atomic E-state index is 12.7.